The Morgan fingerprint density at radius 2 is 1.78 bits per heavy atom. The molecular formula is C30H32ClF7N2O. The third kappa shape index (κ3) is 9.97. The molecule has 3 nitrogen and oxygen atoms in total. The molecule has 0 saturated carbocycles. The summed E-state index contributed by atoms with van der Waals surface area (Å²) < 4.78 is 97.2. The van der Waals surface area contributed by atoms with Gasteiger partial charge in [0.2, 0.25) is 0 Å². The first-order valence-electron chi connectivity index (χ1n) is 12.4. The minimum Gasteiger partial charge on any atom is -0.296 e. The Kier molecular flexibility index (Phi) is 13.7. The van der Waals surface area contributed by atoms with E-state index in [1.54, 1.807) is 46.9 Å². The normalized spacial score (nSPS) is 14.4. The molecule has 0 spiro atoms. The minimum absolute atomic E-state index is 0.0625. The van der Waals surface area contributed by atoms with Crippen LogP contribution in [0.5, 0.6) is 0 Å². The number of nitrogens with one attached hydrogen (secondary N) is 1. The fourth-order valence-corrected chi connectivity index (χ4v) is 3.98. The second kappa shape index (κ2) is 15.7. The highest BCUT2D eigenvalue weighted by atomic mass is 35.5. The van der Waals surface area contributed by atoms with E-state index in [1.165, 1.54) is 18.2 Å². The van der Waals surface area contributed by atoms with Crippen molar-refractivity contribution in [1.29, 1.82) is 0 Å². The summed E-state index contributed by atoms with van der Waals surface area (Å²) in [7, 11) is 0. The first kappa shape index (κ1) is 35.8. The quantitative estimate of drug-likeness (QED) is 0.0558. The van der Waals surface area contributed by atoms with E-state index in [0.717, 1.165) is 12.1 Å². The Labute approximate surface area is 240 Å². The minimum atomic E-state index is -4.87. The number of allylic oxidation sites excluding steroid dienone is 4. The Bertz CT molecular complexity index is 1280. The molecule has 0 bridgehead atoms. The zero-order valence-electron chi connectivity index (χ0n) is 23.2. The van der Waals surface area contributed by atoms with Gasteiger partial charge in [-0.1, -0.05) is 61.8 Å². The van der Waals surface area contributed by atoms with E-state index in [9.17, 15) is 35.6 Å². The van der Waals surface area contributed by atoms with Crippen LogP contribution >= 0.6 is 11.6 Å². The standard InChI is InChI=1S/C23H23ClF7N.C7H9NO/c1-5-12(2)17-7-6-15(9-19(17)23(29,30)32-31)21(25)11-18(22(26,27)28)16-8-13(3)14(4)20(24)10-16;1-3-5-7(6-9)8-4-2/h6-12,18,32H,5H2,1-4H3;3-6H,1H2,2H3/b21-11-;7-5-,8-4?. The molecule has 2 rings (SSSR count). The van der Waals surface area contributed by atoms with Crippen LogP contribution in [-0.2, 0) is 10.8 Å². The lowest BCUT2D eigenvalue weighted by Crippen LogP contribution is -2.29. The molecule has 0 aromatic heterocycles. The maximum atomic E-state index is 14.9. The topological polar surface area (TPSA) is 41.5 Å². The molecule has 0 fully saturated rings. The fraction of sp³-hybridized carbons (Fsp3) is 0.333. The second-order valence-electron chi connectivity index (χ2n) is 9.09. The highest BCUT2D eigenvalue weighted by Gasteiger charge is 2.40. The van der Waals surface area contributed by atoms with Crippen molar-refractivity contribution in [2.75, 3.05) is 0 Å². The van der Waals surface area contributed by atoms with Crippen LogP contribution in [0.25, 0.3) is 5.83 Å². The number of carbonyl (C=O) groups excluding carboxylic acids is 1. The fourth-order valence-electron chi connectivity index (χ4n) is 3.70. The Morgan fingerprint density at radius 1 is 1.15 bits per heavy atom. The summed E-state index contributed by atoms with van der Waals surface area (Å²) in [5.41, 5.74) is 0.274. The van der Waals surface area contributed by atoms with Crippen LogP contribution < -0.4 is 5.54 Å². The summed E-state index contributed by atoms with van der Waals surface area (Å²) in [5.74, 6) is -4.14. The summed E-state index contributed by atoms with van der Waals surface area (Å²) in [6, 6.07) is 1.16. The summed E-state index contributed by atoms with van der Waals surface area (Å²) in [6.45, 7) is 11.7. The molecule has 0 aliphatic rings. The van der Waals surface area contributed by atoms with Crippen LogP contribution in [0.3, 0.4) is 0 Å². The van der Waals surface area contributed by atoms with Gasteiger partial charge in [-0.3, -0.25) is 9.79 Å². The van der Waals surface area contributed by atoms with Crippen molar-refractivity contribution >= 4 is 29.9 Å². The summed E-state index contributed by atoms with van der Waals surface area (Å²) in [5, 5.41) is 0.0944. The number of aliphatic imine (C=N–C) groups is 1. The van der Waals surface area contributed by atoms with Gasteiger partial charge in [0.1, 0.15) is 17.4 Å². The molecule has 2 atom stereocenters. The predicted octanol–water partition coefficient (Wildman–Crippen LogP) is 10.00. The molecule has 0 saturated heterocycles. The first-order chi connectivity index (χ1) is 19.1. The van der Waals surface area contributed by atoms with Crippen molar-refractivity contribution in [3.63, 3.8) is 0 Å². The van der Waals surface area contributed by atoms with Gasteiger partial charge in [-0.05, 0) is 79.6 Å². The maximum absolute atomic E-state index is 14.9. The third-order valence-corrected chi connectivity index (χ3v) is 6.66. The van der Waals surface area contributed by atoms with E-state index < -0.39 is 41.0 Å². The van der Waals surface area contributed by atoms with Crippen LogP contribution in [0.2, 0.25) is 5.02 Å². The molecule has 0 heterocycles. The number of hydrogen-bond acceptors (Lipinski definition) is 3. The number of halogens is 8. The number of carbonyl (C=O) groups is 1. The second-order valence-corrected chi connectivity index (χ2v) is 9.50. The van der Waals surface area contributed by atoms with E-state index in [4.69, 9.17) is 11.6 Å². The zero-order valence-corrected chi connectivity index (χ0v) is 24.0. The SMILES string of the molecule is C=C/C=C(/C=O)N=CC.CCC(C)c1ccc(/C(F)=C/C(c2cc(C)c(C)c(Cl)c2)C(F)(F)F)cc1C(F)(F)NF. The number of aldehydes is 1. The number of rotatable bonds is 10. The van der Waals surface area contributed by atoms with E-state index in [2.05, 4.69) is 11.6 Å². The van der Waals surface area contributed by atoms with Crippen LogP contribution in [0.4, 0.5) is 30.8 Å². The third-order valence-electron chi connectivity index (χ3n) is 6.27. The van der Waals surface area contributed by atoms with Crippen molar-refractivity contribution in [2.45, 2.75) is 65.1 Å². The van der Waals surface area contributed by atoms with Gasteiger partial charge in [0.15, 0.2) is 6.29 Å². The predicted molar refractivity (Wildman–Crippen MR) is 151 cm³/mol. The highest BCUT2D eigenvalue weighted by Crippen LogP contribution is 2.41. The lowest BCUT2D eigenvalue weighted by Gasteiger charge is -2.22. The Balaban J connectivity index is 0.000000803. The smallest absolute Gasteiger partial charge is 0.296 e. The summed E-state index contributed by atoms with van der Waals surface area (Å²) >= 11 is 6.01. The van der Waals surface area contributed by atoms with Crippen molar-refractivity contribution in [2.24, 2.45) is 4.99 Å². The monoisotopic (exact) mass is 604 g/mol. The summed E-state index contributed by atoms with van der Waals surface area (Å²) in [6.07, 6.45) is 1.20. The highest BCUT2D eigenvalue weighted by molar-refractivity contribution is 6.31. The summed E-state index contributed by atoms with van der Waals surface area (Å²) in [4.78, 5) is 13.8. The van der Waals surface area contributed by atoms with Gasteiger partial charge in [0.25, 0.3) is 0 Å². The molecule has 1 N–H and O–H groups in total. The van der Waals surface area contributed by atoms with Gasteiger partial charge in [-0.25, -0.2) is 4.39 Å². The van der Waals surface area contributed by atoms with Crippen molar-refractivity contribution in [3.8, 4) is 0 Å². The number of benzene rings is 2. The molecule has 224 valence electrons. The average molecular weight is 605 g/mol. The molecule has 0 radical (unpaired) electrons. The first-order valence-corrected chi connectivity index (χ1v) is 12.8. The number of nitrogens with zero attached hydrogens (tertiary/aromatic N) is 1. The largest absolute Gasteiger partial charge is 0.399 e. The van der Waals surface area contributed by atoms with Gasteiger partial charge < -0.3 is 0 Å². The number of hydrogen-bond donors (Lipinski definition) is 1. The molecule has 0 amide bonds. The van der Waals surface area contributed by atoms with Crippen LogP contribution in [0, 0.1) is 13.8 Å². The zero-order chi connectivity index (χ0) is 31.5. The lowest BCUT2D eigenvalue weighted by molar-refractivity contribution is -0.139. The van der Waals surface area contributed by atoms with Gasteiger partial charge in [0.05, 0.1) is 0 Å². The van der Waals surface area contributed by atoms with E-state index in [-0.39, 0.29) is 16.1 Å². The van der Waals surface area contributed by atoms with Gasteiger partial charge >= 0.3 is 12.2 Å². The van der Waals surface area contributed by atoms with Gasteiger partial charge in [0, 0.05) is 22.4 Å². The molecule has 2 unspecified atom stereocenters. The van der Waals surface area contributed by atoms with Crippen molar-refractivity contribution in [1.82, 2.24) is 5.54 Å². The Hall–Kier alpha value is -3.24. The lowest BCUT2D eigenvalue weighted by atomic mass is 9.90. The number of alkyl halides is 5. The average Bonchev–Trinajstić information content (AvgIpc) is 2.93. The molecule has 0 aliphatic carbocycles. The van der Waals surface area contributed by atoms with Crippen LogP contribution in [0.1, 0.15) is 72.4 Å². The molecule has 2 aromatic rings. The van der Waals surface area contributed by atoms with Gasteiger partial charge in [-0.2, -0.15) is 22.0 Å². The van der Waals surface area contributed by atoms with E-state index in [0.29, 0.717) is 47.2 Å². The Morgan fingerprint density at radius 3 is 2.24 bits per heavy atom. The maximum Gasteiger partial charge on any atom is 0.399 e. The van der Waals surface area contributed by atoms with Crippen LogP contribution in [0.15, 0.2) is 65.8 Å². The van der Waals surface area contributed by atoms with Crippen molar-refractivity contribution in [3.05, 3.63) is 99.2 Å². The van der Waals surface area contributed by atoms with E-state index in [1.807, 2.05) is 0 Å². The van der Waals surface area contributed by atoms with E-state index >= 15 is 0 Å². The van der Waals surface area contributed by atoms with Crippen molar-refractivity contribution < 1.29 is 35.6 Å². The molecule has 0 aliphatic heterocycles. The van der Waals surface area contributed by atoms with Gasteiger partial charge in [-0.15, -0.1) is 4.48 Å². The molecule has 41 heavy (non-hydrogen) atoms. The molecule has 2 aromatic carbocycles. The molecule has 11 heteroatoms. The number of aryl methyl sites for hydroxylation is 1. The van der Waals surface area contributed by atoms with Crippen LogP contribution in [-0.4, -0.2) is 18.7 Å². The molecular weight excluding hydrogens is 573 g/mol.